The van der Waals surface area contributed by atoms with Crippen molar-refractivity contribution in [1.29, 1.82) is 0 Å². The lowest BCUT2D eigenvalue weighted by molar-refractivity contribution is 0.0782. The van der Waals surface area contributed by atoms with Crippen LogP contribution >= 0.6 is 11.6 Å². The third-order valence-electron chi connectivity index (χ3n) is 3.88. The van der Waals surface area contributed by atoms with E-state index in [1.54, 1.807) is 36.3 Å². The summed E-state index contributed by atoms with van der Waals surface area (Å²) in [4.78, 5) is 18.8. The number of nitrogens with zero attached hydrogens (tertiary/aromatic N) is 2. The molecule has 0 saturated carbocycles. The maximum absolute atomic E-state index is 12.8. The molecule has 0 bridgehead atoms. The average Bonchev–Trinajstić information content (AvgIpc) is 2.61. The van der Waals surface area contributed by atoms with E-state index in [1.165, 1.54) is 7.11 Å². The van der Waals surface area contributed by atoms with Gasteiger partial charge in [-0.2, -0.15) is 0 Å². The normalized spacial score (nSPS) is 10.6. The van der Waals surface area contributed by atoms with Gasteiger partial charge in [0.1, 0.15) is 5.75 Å². The van der Waals surface area contributed by atoms with E-state index in [9.17, 15) is 4.79 Å². The Morgan fingerprint density at radius 3 is 2.83 bits per heavy atom. The van der Waals surface area contributed by atoms with Crippen molar-refractivity contribution in [3.63, 3.8) is 0 Å². The molecule has 0 saturated heterocycles. The highest BCUT2D eigenvalue weighted by atomic mass is 35.5. The summed E-state index contributed by atoms with van der Waals surface area (Å²) in [7, 11) is 3.30. The molecule has 0 N–H and O–H groups in total. The van der Waals surface area contributed by atoms with Gasteiger partial charge in [0.15, 0.2) is 0 Å². The van der Waals surface area contributed by atoms with Crippen molar-refractivity contribution < 1.29 is 9.53 Å². The fourth-order valence-electron chi connectivity index (χ4n) is 2.69. The SMILES string of the molecule is COc1ccc(Cl)cc1C(=O)N(C)Cc1cccc2ncccc12. The fraction of sp³-hybridized carbons (Fsp3) is 0.158. The number of methoxy groups -OCH3 is 1. The Kier molecular flexibility index (Phi) is 4.67. The van der Waals surface area contributed by atoms with Gasteiger partial charge < -0.3 is 9.64 Å². The molecule has 0 aliphatic heterocycles. The molecule has 4 nitrogen and oxygen atoms in total. The summed E-state index contributed by atoms with van der Waals surface area (Å²) in [5.74, 6) is 0.367. The second kappa shape index (κ2) is 6.89. The van der Waals surface area contributed by atoms with Crippen molar-refractivity contribution in [2.24, 2.45) is 0 Å². The van der Waals surface area contributed by atoms with E-state index in [4.69, 9.17) is 16.3 Å². The van der Waals surface area contributed by atoms with E-state index >= 15 is 0 Å². The molecule has 0 atom stereocenters. The van der Waals surface area contributed by atoms with E-state index in [2.05, 4.69) is 4.98 Å². The number of pyridine rings is 1. The van der Waals surface area contributed by atoms with Crippen LogP contribution in [0.15, 0.2) is 54.7 Å². The topological polar surface area (TPSA) is 42.4 Å². The minimum atomic E-state index is -0.143. The lowest BCUT2D eigenvalue weighted by Gasteiger charge is -2.20. The molecule has 0 spiro atoms. The first kappa shape index (κ1) is 16.3. The highest BCUT2D eigenvalue weighted by Crippen LogP contribution is 2.25. The molecule has 3 aromatic rings. The molecule has 24 heavy (non-hydrogen) atoms. The van der Waals surface area contributed by atoms with Gasteiger partial charge in [-0.15, -0.1) is 0 Å². The Morgan fingerprint density at radius 1 is 1.21 bits per heavy atom. The smallest absolute Gasteiger partial charge is 0.257 e. The highest BCUT2D eigenvalue weighted by molar-refractivity contribution is 6.31. The van der Waals surface area contributed by atoms with E-state index in [0.29, 0.717) is 22.9 Å². The molecule has 3 rings (SSSR count). The molecular formula is C19H17ClN2O2. The molecule has 122 valence electrons. The first-order valence-electron chi connectivity index (χ1n) is 7.52. The van der Waals surface area contributed by atoms with Crippen molar-refractivity contribution in [3.05, 3.63) is 70.9 Å². The van der Waals surface area contributed by atoms with Gasteiger partial charge in [-0.25, -0.2) is 0 Å². The quantitative estimate of drug-likeness (QED) is 0.716. The van der Waals surface area contributed by atoms with Gasteiger partial charge >= 0.3 is 0 Å². The zero-order valence-corrected chi connectivity index (χ0v) is 14.2. The molecule has 1 amide bonds. The number of benzene rings is 2. The lowest BCUT2D eigenvalue weighted by Crippen LogP contribution is -2.26. The molecule has 0 radical (unpaired) electrons. The number of hydrogen-bond donors (Lipinski definition) is 0. The van der Waals surface area contributed by atoms with Gasteiger partial charge in [-0.3, -0.25) is 9.78 Å². The number of hydrogen-bond acceptors (Lipinski definition) is 3. The summed E-state index contributed by atoms with van der Waals surface area (Å²) in [5, 5.41) is 1.54. The van der Waals surface area contributed by atoms with Crippen LogP contribution in [0.25, 0.3) is 10.9 Å². The van der Waals surface area contributed by atoms with Crippen LogP contribution in [0.2, 0.25) is 5.02 Å². The van der Waals surface area contributed by atoms with Crippen molar-refractivity contribution in [1.82, 2.24) is 9.88 Å². The van der Waals surface area contributed by atoms with Crippen LogP contribution in [0.4, 0.5) is 0 Å². The monoisotopic (exact) mass is 340 g/mol. The van der Waals surface area contributed by atoms with E-state index in [-0.39, 0.29) is 5.91 Å². The number of amides is 1. The Morgan fingerprint density at radius 2 is 2.04 bits per heavy atom. The number of aromatic nitrogens is 1. The summed E-state index contributed by atoms with van der Waals surface area (Å²) in [6.07, 6.45) is 1.76. The second-order valence-electron chi connectivity index (χ2n) is 5.49. The molecular weight excluding hydrogens is 324 g/mol. The minimum Gasteiger partial charge on any atom is -0.496 e. The van der Waals surface area contributed by atoms with Crippen LogP contribution in [0, 0.1) is 0 Å². The first-order valence-corrected chi connectivity index (χ1v) is 7.89. The number of carbonyl (C=O) groups is 1. The Balaban J connectivity index is 1.90. The van der Waals surface area contributed by atoms with Crippen LogP contribution in [-0.2, 0) is 6.54 Å². The van der Waals surface area contributed by atoms with Gasteiger partial charge in [0.2, 0.25) is 0 Å². The standard InChI is InChI=1S/C19H17ClN2O2/c1-22(19(23)16-11-14(20)8-9-18(16)24-2)12-13-5-3-7-17-15(13)6-4-10-21-17/h3-11H,12H2,1-2H3. The summed E-state index contributed by atoms with van der Waals surface area (Å²) in [6.45, 7) is 0.470. The zero-order valence-electron chi connectivity index (χ0n) is 13.5. The lowest BCUT2D eigenvalue weighted by atomic mass is 10.1. The third-order valence-corrected chi connectivity index (χ3v) is 4.12. The van der Waals surface area contributed by atoms with Gasteiger partial charge in [0.05, 0.1) is 18.2 Å². The van der Waals surface area contributed by atoms with Gasteiger partial charge in [0.25, 0.3) is 5.91 Å². The predicted octanol–water partition coefficient (Wildman–Crippen LogP) is 4.17. The zero-order chi connectivity index (χ0) is 17.1. The number of ether oxygens (including phenoxy) is 1. The third kappa shape index (κ3) is 3.19. The van der Waals surface area contributed by atoms with Crippen LogP contribution < -0.4 is 4.74 Å². The molecule has 0 fully saturated rings. The van der Waals surface area contributed by atoms with Crippen LogP contribution in [-0.4, -0.2) is 29.9 Å². The van der Waals surface area contributed by atoms with E-state index in [1.807, 2.05) is 30.3 Å². The second-order valence-corrected chi connectivity index (χ2v) is 5.93. The number of fused-ring (bicyclic) bond motifs is 1. The summed E-state index contributed by atoms with van der Waals surface area (Å²) >= 11 is 6.03. The molecule has 0 aliphatic rings. The largest absolute Gasteiger partial charge is 0.496 e. The van der Waals surface area contributed by atoms with Gasteiger partial charge in [-0.05, 0) is 35.9 Å². The number of rotatable bonds is 4. The predicted molar refractivity (Wildman–Crippen MR) is 95.5 cm³/mol. The highest BCUT2D eigenvalue weighted by Gasteiger charge is 2.18. The number of halogens is 1. The molecule has 0 unspecified atom stereocenters. The van der Waals surface area contributed by atoms with Crippen molar-refractivity contribution in [2.75, 3.05) is 14.2 Å². The maximum atomic E-state index is 12.8. The molecule has 1 aromatic heterocycles. The first-order chi connectivity index (χ1) is 11.6. The molecule has 0 aliphatic carbocycles. The van der Waals surface area contributed by atoms with Crippen molar-refractivity contribution >= 4 is 28.4 Å². The number of carbonyl (C=O) groups excluding carboxylic acids is 1. The maximum Gasteiger partial charge on any atom is 0.257 e. The Bertz CT molecular complexity index is 890. The van der Waals surface area contributed by atoms with Crippen molar-refractivity contribution in [3.8, 4) is 5.75 Å². The minimum absolute atomic E-state index is 0.143. The average molecular weight is 341 g/mol. The summed E-state index contributed by atoms with van der Waals surface area (Å²) in [6, 6.07) is 14.8. The van der Waals surface area contributed by atoms with Crippen LogP contribution in [0.3, 0.4) is 0 Å². The Labute approximate surface area is 145 Å². The molecule has 5 heteroatoms. The van der Waals surface area contributed by atoms with E-state index in [0.717, 1.165) is 16.5 Å². The summed E-state index contributed by atoms with van der Waals surface area (Å²) in [5.41, 5.74) is 2.40. The molecule has 1 heterocycles. The van der Waals surface area contributed by atoms with Crippen LogP contribution in [0.1, 0.15) is 15.9 Å². The van der Waals surface area contributed by atoms with Gasteiger partial charge in [0, 0.05) is 30.2 Å². The van der Waals surface area contributed by atoms with Gasteiger partial charge in [-0.1, -0.05) is 29.8 Å². The summed E-state index contributed by atoms with van der Waals surface area (Å²) < 4.78 is 5.28. The molecule has 2 aromatic carbocycles. The van der Waals surface area contributed by atoms with Crippen molar-refractivity contribution in [2.45, 2.75) is 6.54 Å². The fourth-order valence-corrected chi connectivity index (χ4v) is 2.86. The van der Waals surface area contributed by atoms with Crippen LogP contribution in [0.5, 0.6) is 5.75 Å². The van der Waals surface area contributed by atoms with E-state index < -0.39 is 0 Å². The Hall–Kier alpha value is -2.59.